The van der Waals surface area contributed by atoms with Crippen molar-refractivity contribution in [1.29, 1.82) is 0 Å². The van der Waals surface area contributed by atoms with Gasteiger partial charge in [0.15, 0.2) is 0 Å². The molecular formula is C25H31Cl2NO. The van der Waals surface area contributed by atoms with Gasteiger partial charge in [0.25, 0.3) is 0 Å². The van der Waals surface area contributed by atoms with Crippen molar-refractivity contribution in [2.45, 2.75) is 70.6 Å². The van der Waals surface area contributed by atoms with E-state index in [0.29, 0.717) is 23.0 Å². The highest BCUT2D eigenvalue weighted by molar-refractivity contribution is 6.36. The van der Waals surface area contributed by atoms with Crippen LogP contribution in [0, 0.1) is 0 Å². The number of hydrogen-bond acceptors (Lipinski definition) is 1. The van der Waals surface area contributed by atoms with E-state index in [0.717, 1.165) is 36.9 Å². The molecule has 2 aromatic rings. The van der Waals surface area contributed by atoms with Crippen LogP contribution in [0.1, 0.15) is 69.9 Å². The minimum absolute atomic E-state index is 0.176. The van der Waals surface area contributed by atoms with Gasteiger partial charge in [-0.2, -0.15) is 0 Å². The number of unbranched alkanes of at least 4 members (excludes halogenated alkanes) is 4. The van der Waals surface area contributed by atoms with Gasteiger partial charge >= 0.3 is 0 Å². The zero-order valence-electron chi connectivity index (χ0n) is 17.5. The second-order valence-electron chi connectivity index (χ2n) is 8.47. The number of hydrogen-bond donors (Lipinski definition) is 0. The largest absolute Gasteiger partial charge is 0.311 e. The van der Waals surface area contributed by atoms with E-state index in [4.69, 9.17) is 23.2 Å². The molecule has 1 aliphatic heterocycles. The summed E-state index contributed by atoms with van der Waals surface area (Å²) >= 11 is 13.0. The van der Waals surface area contributed by atoms with E-state index in [9.17, 15) is 4.79 Å². The van der Waals surface area contributed by atoms with Crippen LogP contribution in [0.15, 0.2) is 42.5 Å². The number of carbonyl (C=O) groups is 1. The van der Waals surface area contributed by atoms with Gasteiger partial charge in [0.1, 0.15) is 0 Å². The fraction of sp³-hybridized carbons (Fsp3) is 0.480. The van der Waals surface area contributed by atoms with Crippen molar-refractivity contribution < 1.29 is 4.79 Å². The van der Waals surface area contributed by atoms with Crippen LogP contribution in [0.4, 0.5) is 5.69 Å². The summed E-state index contributed by atoms with van der Waals surface area (Å²) in [5.74, 6) is 0.185. The highest BCUT2D eigenvalue weighted by Crippen LogP contribution is 2.48. The second kappa shape index (κ2) is 10.00. The zero-order valence-corrected chi connectivity index (χ0v) is 19.0. The summed E-state index contributed by atoms with van der Waals surface area (Å²) in [7, 11) is 0. The first kappa shape index (κ1) is 22.2. The first-order valence-corrected chi connectivity index (χ1v) is 11.5. The molecular weight excluding hydrogens is 401 g/mol. The van der Waals surface area contributed by atoms with Crippen LogP contribution in [-0.2, 0) is 16.6 Å². The monoisotopic (exact) mass is 431 g/mol. The Morgan fingerprint density at radius 2 is 1.79 bits per heavy atom. The molecule has 0 radical (unpaired) electrons. The average molecular weight is 432 g/mol. The van der Waals surface area contributed by atoms with E-state index in [-0.39, 0.29) is 11.3 Å². The van der Waals surface area contributed by atoms with Crippen LogP contribution in [-0.4, -0.2) is 12.5 Å². The Morgan fingerprint density at radius 3 is 2.52 bits per heavy atom. The number of aryl methyl sites for hydroxylation is 1. The Bertz CT molecular complexity index is 836. The number of benzene rings is 2. The van der Waals surface area contributed by atoms with Crippen molar-refractivity contribution in [1.82, 2.24) is 0 Å². The summed E-state index contributed by atoms with van der Waals surface area (Å²) in [6.07, 6.45) is 8.19. The molecule has 0 aromatic heterocycles. The molecule has 29 heavy (non-hydrogen) atoms. The first-order chi connectivity index (χ1) is 13.9. The van der Waals surface area contributed by atoms with E-state index in [1.165, 1.54) is 24.8 Å². The standard InChI is InChI=1S/C25H31Cl2NO/c1-3-4-5-6-10-13-23(29)28-18-25(2,15-14-19-11-8-7-9-12-19)24-21(27)16-20(26)17-22(24)28/h7-9,11-12,16-17H,3-6,10,13-15,18H2,1-2H3. The molecule has 2 aromatic carbocycles. The molecule has 1 atom stereocenters. The lowest BCUT2D eigenvalue weighted by Gasteiger charge is -2.26. The van der Waals surface area contributed by atoms with E-state index in [1.807, 2.05) is 17.0 Å². The minimum Gasteiger partial charge on any atom is -0.311 e. The molecule has 0 N–H and O–H groups in total. The van der Waals surface area contributed by atoms with Crippen molar-refractivity contribution in [3.63, 3.8) is 0 Å². The predicted molar refractivity (Wildman–Crippen MR) is 124 cm³/mol. The number of fused-ring (bicyclic) bond motifs is 1. The van der Waals surface area contributed by atoms with E-state index in [1.54, 1.807) is 6.07 Å². The molecule has 0 spiro atoms. The van der Waals surface area contributed by atoms with E-state index in [2.05, 4.69) is 38.1 Å². The van der Waals surface area contributed by atoms with Crippen molar-refractivity contribution >= 4 is 34.8 Å². The van der Waals surface area contributed by atoms with Crippen LogP contribution in [0.3, 0.4) is 0 Å². The highest BCUT2D eigenvalue weighted by atomic mass is 35.5. The Balaban J connectivity index is 1.77. The number of halogens is 2. The fourth-order valence-electron chi connectivity index (χ4n) is 4.39. The van der Waals surface area contributed by atoms with Crippen LogP contribution < -0.4 is 4.90 Å². The summed E-state index contributed by atoms with van der Waals surface area (Å²) in [6, 6.07) is 14.2. The van der Waals surface area contributed by atoms with Gasteiger partial charge in [-0.05, 0) is 37.0 Å². The molecule has 0 aliphatic carbocycles. The lowest BCUT2D eigenvalue weighted by molar-refractivity contribution is -0.118. The third kappa shape index (κ3) is 5.35. The second-order valence-corrected chi connectivity index (χ2v) is 9.32. The maximum absolute atomic E-state index is 13.1. The number of amides is 1. The van der Waals surface area contributed by atoms with E-state index >= 15 is 0 Å². The topological polar surface area (TPSA) is 20.3 Å². The van der Waals surface area contributed by atoms with Crippen molar-refractivity contribution in [2.24, 2.45) is 0 Å². The zero-order chi connectivity index (χ0) is 20.9. The number of carbonyl (C=O) groups excluding carboxylic acids is 1. The fourth-order valence-corrected chi connectivity index (χ4v) is 5.10. The summed E-state index contributed by atoms with van der Waals surface area (Å²) < 4.78 is 0. The van der Waals surface area contributed by atoms with Crippen molar-refractivity contribution in [2.75, 3.05) is 11.4 Å². The molecule has 1 amide bonds. The lowest BCUT2D eigenvalue weighted by Crippen LogP contribution is -2.35. The molecule has 4 heteroatoms. The maximum atomic E-state index is 13.1. The van der Waals surface area contributed by atoms with E-state index < -0.39 is 0 Å². The molecule has 1 aliphatic rings. The SMILES string of the molecule is CCCCCCCC(=O)N1CC(C)(CCc2ccccc2)c2c(Cl)cc(Cl)cc21. The molecule has 1 unspecified atom stereocenters. The van der Waals surface area contributed by atoms with Gasteiger partial charge in [-0.3, -0.25) is 4.79 Å². The maximum Gasteiger partial charge on any atom is 0.227 e. The first-order valence-electron chi connectivity index (χ1n) is 10.8. The van der Waals surface area contributed by atoms with Gasteiger partial charge in [-0.15, -0.1) is 0 Å². The van der Waals surface area contributed by atoms with Gasteiger partial charge in [-0.1, -0.05) is 93.1 Å². The molecule has 156 valence electrons. The van der Waals surface area contributed by atoms with Gasteiger partial charge in [-0.25, -0.2) is 0 Å². The molecule has 0 saturated carbocycles. The van der Waals surface area contributed by atoms with Gasteiger partial charge in [0.2, 0.25) is 5.91 Å². The smallest absolute Gasteiger partial charge is 0.227 e. The Kier molecular flexibility index (Phi) is 7.65. The minimum atomic E-state index is -0.176. The van der Waals surface area contributed by atoms with Gasteiger partial charge in [0.05, 0.1) is 5.69 Å². The number of nitrogens with zero attached hydrogens (tertiary/aromatic N) is 1. The summed E-state index contributed by atoms with van der Waals surface area (Å²) in [5, 5.41) is 1.25. The Morgan fingerprint density at radius 1 is 1.07 bits per heavy atom. The predicted octanol–water partition coefficient (Wildman–Crippen LogP) is 7.59. The molecule has 2 nitrogen and oxygen atoms in total. The van der Waals surface area contributed by atoms with Crippen LogP contribution in [0.25, 0.3) is 0 Å². The third-order valence-corrected chi connectivity index (χ3v) is 6.56. The third-order valence-electron chi connectivity index (χ3n) is 6.04. The molecule has 0 saturated heterocycles. The van der Waals surface area contributed by atoms with Crippen LogP contribution in [0.2, 0.25) is 10.0 Å². The normalized spacial score (nSPS) is 18.1. The van der Waals surface area contributed by atoms with Gasteiger partial charge < -0.3 is 4.90 Å². The van der Waals surface area contributed by atoms with Gasteiger partial charge in [0, 0.05) is 34.0 Å². The summed E-state index contributed by atoms with van der Waals surface area (Å²) in [4.78, 5) is 15.0. The Hall–Kier alpha value is -1.51. The molecule has 3 rings (SSSR count). The Labute approximate surface area is 185 Å². The molecule has 1 heterocycles. The highest BCUT2D eigenvalue weighted by Gasteiger charge is 2.42. The number of anilines is 1. The summed E-state index contributed by atoms with van der Waals surface area (Å²) in [5.41, 5.74) is 3.10. The summed E-state index contributed by atoms with van der Waals surface area (Å²) in [6.45, 7) is 5.10. The van der Waals surface area contributed by atoms with Crippen molar-refractivity contribution in [3.05, 3.63) is 63.6 Å². The van der Waals surface area contributed by atoms with Crippen molar-refractivity contribution in [3.8, 4) is 0 Å². The quantitative estimate of drug-likeness (QED) is 0.374. The van der Waals surface area contributed by atoms with Crippen LogP contribution in [0.5, 0.6) is 0 Å². The number of rotatable bonds is 9. The average Bonchev–Trinajstić information content (AvgIpc) is 3.00. The molecule has 0 fully saturated rings. The van der Waals surface area contributed by atoms with Crippen LogP contribution >= 0.6 is 23.2 Å². The molecule has 0 bridgehead atoms. The lowest BCUT2D eigenvalue weighted by atomic mass is 9.79.